The Morgan fingerprint density at radius 2 is 2.12 bits per heavy atom. The van der Waals surface area contributed by atoms with Crippen molar-refractivity contribution in [1.82, 2.24) is 5.32 Å². The summed E-state index contributed by atoms with van der Waals surface area (Å²) in [7, 11) is 1.51. The highest BCUT2D eigenvalue weighted by Gasteiger charge is 2.07. The topological polar surface area (TPSA) is 90.7 Å². The van der Waals surface area contributed by atoms with Gasteiger partial charge in [-0.3, -0.25) is 9.59 Å². The fourth-order valence-corrected chi connectivity index (χ4v) is 2.76. The SMILES string of the molecule is COc1cc(/C=C/C(=O)NCCC2=CCCCC2)ccc1OCC(N)=O. The normalized spacial score (nSPS) is 14.0. The van der Waals surface area contributed by atoms with Gasteiger partial charge >= 0.3 is 0 Å². The molecule has 3 N–H and O–H groups in total. The van der Waals surface area contributed by atoms with Gasteiger partial charge in [-0.1, -0.05) is 17.7 Å². The first kappa shape index (κ1) is 19.6. The molecule has 0 aromatic heterocycles. The van der Waals surface area contributed by atoms with Gasteiger partial charge < -0.3 is 20.5 Å². The van der Waals surface area contributed by atoms with Gasteiger partial charge in [0.05, 0.1) is 7.11 Å². The first-order chi connectivity index (χ1) is 12.6. The summed E-state index contributed by atoms with van der Waals surface area (Å²) in [5.74, 6) is 0.206. The third kappa shape index (κ3) is 6.63. The molecule has 1 aromatic rings. The van der Waals surface area contributed by atoms with Crippen molar-refractivity contribution in [2.45, 2.75) is 32.1 Å². The number of hydrogen-bond acceptors (Lipinski definition) is 4. The maximum absolute atomic E-state index is 11.9. The molecule has 6 nitrogen and oxygen atoms in total. The van der Waals surface area contributed by atoms with Crippen molar-refractivity contribution in [2.75, 3.05) is 20.3 Å². The van der Waals surface area contributed by atoms with Crippen molar-refractivity contribution in [3.05, 3.63) is 41.5 Å². The van der Waals surface area contributed by atoms with Crippen molar-refractivity contribution in [3.63, 3.8) is 0 Å². The number of rotatable bonds is 9. The zero-order valence-electron chi connectivity index (χ0n) is 15.1. The molecule has 26 heavy (non-hydrogen) atoms. The van der Waals surface area contributed by atoms with Crippen LogP contribution in [0.2, 0.25) is 0 Å². The second-order valence-electron chi connectivity index (χ2n) is 6.15. The van der Waals surface area contributed by atoms with E-state index in [1.807, 2.05) is 0 Å². The number of nitrogens with two attached hydrogens (primary N) is 1. The van der Waals surface area contributed by atoms with E-state index < -0.39 is 5.91 Å². The molecule has 0 radical (unpaired) electrons. The molecule has 0 aliphatic heterocycles. The molecular formula is C20H26N2O4. The highest BCUT2D eigenvalue weighted by molar-refractivity contribution is 5.91. The maximum Gasteiger partial charge on any atom is 0.255 e. The molecule has 140 valence electrons. The lowest BCUT2D eigenvalue weighted by Crippen LogP contribution is -2.22. The van der Waals surface area contributed by atoms with Crippen LogP contribution in [0.15, 0.2) is 35.9 Å². The number of amides is 2. The molecule has 0 unspecified atom stereocenters. The van der Waals surface area contributed by atoms with Crippen LogP contribution in [0.3, 0.4) is 0 Å². The van der Waals surface area contributed by atoms with E-state index in [9.17, 15) is 9.59 Å². The molecule has 2 amide bonds. The standard InChI is InChI=1S/C20H26N2O4/c1-25-18-13-16(7-9-17(18)26-14-19(21)23)8-10-20(24)22-12-11-15-5-3-2-4-6-15/h5,7-10,13H,2-4,6,11-12,14H2,1H3,(H2,21,23)(H,22,24)/b10-8+. The van der Waals surface area contributed by atoms with Crippen LogP contribution >= 0.6 is 0 Å². The lowest BCUT2D eigenvalue weighted by molar-refractivity contribution is -0.120. The Hall–Kier alpha value is -2.76. The van der Waals surface area contributed by atoms with Crippen LogP contribution < -0.4 is 20.5 Å². The Morgan fingerprint density at radius 3 is 2.81 bits per heavy atom. The van der Waals surface area contributed by atoms with Crippen molar-refractivity contribution < 1.29 is 19.1 Å². The van der Waals surface area contributed by atoms with Crippen LogP contribution in [0.5, 0.6) is 11.5 Å². The lowest BCUT2D eigenvalue weighted by Gasteiger charge is -2.12. The van der Waals surface area contributed by atoms with Crippen LogP contribution in [-0.4, -0.2) is 32.1 Å². The fourth-order valence-electron chi connectivity index (χ4n) is 2.76. The molecule has 0 atom stereocenters. The number of benzene rings is 1. The van der Waals surface area contributed by atoms with E-state index >= 15 is 0 Å². The number of hydrogen-bond donors (Lipinski definition) is 2. The quantitative estimate of drug-likeness (QED) is 0.524. The molecule has 2 rings (SSSR count). The monoisotopic (exact) mass is 358 g/mol. The average molecular weight is 358 g/mol. The van der Waals surface area contributed by atoms with E-state index in [1.165, 1.54) is 31.6 Å². The first-order valence-corrected chi connectivity index (χ1v) is 8.81. The average Bonchev–Trinajstić information content (AvgIpc) is 2.65. The summed E-state index contributed by atoms with van der Waals surface area (Å²) in [5.41, 5.74) is 7.30. The molecule has 0 fully saturated rings. The summed E-state index contributed by atoms with van der Waals surface area (Å²) in [6, 6.07) is 5.18. The van der Waals surface area contributed by atoms with Gasteiger partial charge in [0.1, 0.15) is 0 Å². The number of methoxy groups -OCH3 is 1. The van der Waals surface area contributed by atoms with Crippen LogP contribution in [0.1, 0.15) is 37.7 Å². The summed E-state index contributed by atoms with van der Waals surface area (Å²) < 4.78 is 10.5. The third-order valence-corrected chi connectivity index (χ3v) is 4.12. The van der Waals surface area contributed by atoms with Crippen molar-refractivity contribution >= 4 is 17.9 Å². The Bertz CT molecular complexity index is 695. The van der Waals surface area contributed by atoms with E-state index in [0.29, 0.717) is 18.0 Å². The number of ether oxygens (including phenoxy) is 2. The van der Waals surface area contributed by atoms with E-state index in [1.54, 1.807) is 24.3 Å². The van der Waals surface area contributed by atoms with E-state index in [-0.39, 0.29) is 12.5 Å². The number of primary amides is 1. The van der Waals surface area contributed by atoms with Crippen LogP contribution in [0.25, 0.3) is 6.08 Å². The number of carbonyl (C=O) groups excluding carboxylic acids is 2. The van der Waals surface area contributed by atoms with Gasteiger partial charge in [-0.15, -0.1) is 0 Å². The van der Waals surface area contributed by atoms with Crippen molar-refractivity contribution in [2.24, 2.45) is 5.73 Å². The predicted octanol–water partition coefficient (Wildman–Crippen LogP) is 2.58. The third-order valence-electron chi connectivity index (χ3n) is 4.12. The van der Waals surface area contributed by atoms with Gasteiger partial charge in [0.2, 0.25) is 5.91 Å². The summed E-state index contributed by atoms with van der Waals surface area (Å²) >= 11 is 0. The van der Waals surface area contributed by atoms with Crippen molar-refractivity contribution in [3.8, 4) is 11.5 Å². The van der Waals surface area contributed by atoms with Crippen LogP contribution in [-0.2, 0) is 9.59 Å². The molecule has 0 bridgehead atoms. The van der Waals surface area contributed by atoms with Crippen LogP contribution in [0, 0.1) is 0 Å². The summed E-state index contributed by atoms with van der Waals surface area (Å²) in [6.45, 7) is 0.433. The van der Waals surface area contributed by atoms with Gasteiger partial charge in [-0.25, -0.2) is 0 Å². The Balaban J connectivity index is 1.85. The second-order valence-corrected chi connectivity index (χ2v) is 6.15. The van der Waals surface area contributed by atoms with Gasteiger partial charge in [0.15, 0.2) is 18.1 Å². The fraction of sp³-hybridized carbons (Fsp3) is 0.400. The molecular weight excluding hydrogens is 332 g/mol. The van der Waals surface area contributed by atoms with Crippen molar-refractivity contribution in [1.29, 1.82) is 0 Å². The van der Waals surface area contributed by atoms with E-state index in [2.05, 4.69) is 11.4 Å². The zero-order valence-corrected chi connectivity index (χ0v) is 15.1. The Morgan fingerprint density at radius 1 is 1.27 bits per heavy atom. The Kier molecular flexibility index (Phi) is 7.74. The van der Waals surface area contributed by atoms with Gasteiger partial charge in [0, 0.05) is 12.6 Å². The minimum absolute atomic E-state index is 0.130. The minimum atomic E-state index is -0.559. The molecule has 0 saturated carbocycles. The second kappa shape index (κ2) is 10.3. The summed E-state index contributed by atoms with van der Waals surface area (Å²) in [5, 5.41) is 2.90. The molecule has 1 aliphatic carbocycles. The lowest BCUT2D eigenvalue weighted by atomic mass is 9.97. The first-order valence-electron chi connectivity index (χ1n) is 8.81. The number of carbonyl (C=O) groups is 2. The maximum atomic E-state index is 11.9. The summed E-state index contributed by atoms with van der Waals surface area (Å²) in [6.07, 6.45) is 11.2. The minimum Gasteiger partial charge on any atom is -0.493 e. The number of allylic oxidation sites excluding steroid dienone is 1. The zero-order chi connectivity index (χ0) is 18.8. The molecule has 6 heteroatoms. The van der Waals surface area contributed by atoms with Gasteiger partial charge in [-0.2, -0.15) is 0 Å². The molecule has 0 saturated heterocycles. The highest BCUT2D eigenvalue weighted by atomic mass is 16.5. The van der Waals surface area contributed by atoms with Gasteiger partial charge in [-0.05, 0) is 55.9 Å². The number of nitrogens with one attached hydrogen (secondary N) is 1. The van der Waals surface area contributed by atoms with E-state index in [4.69, 9.17) is 15.2 Å². The summed E-state index contributed by atoms with van der Waals surface area (Å²) in [4.78, 5) is 22.7. The highest BCUT2D eigenvalue weighted by Crippen LogP contribution is 2.28. The molecule has 0 heterocycles. The Labute approximate surface area is 154 Å². The molecule has 1 aliphatic rings. The van der Waals surface area contributed by atoms with Crippen LogP contribution in [0.4, 0.5) is 0 Å². The van der Waals surface area contributed by atoms with E-state index in [0.717, 1.165) is 24.8 Å². The molecule has 1 aromatic carbocycles. The largest absolute Gasteiger partial charge is 0.493 e. The smallest absolute Gasteiger partial charge is 0.255 e. The molecule has 0 spiro atoms. The van der Waals surface area contributed by atoms with Gasteiger partial charge in [0.25, 0.3) is 5.91 Å². The predicted molar refractivity (Wildman–Crippen MR) is 101 cm³/mol.